The van der Waals surface area contributed by atoms with Gasteiger partial charge in [-0.25, -0.2) is 0 Å². The van der Waals surface area contributed by atoms with E-state index in [9.17, 15) is 4.79 Å². The minimum atomic E-state index is -0.495. The Morgan fingerprint density at radius 1 is 1.23 bits per heavy atom. The van der Waals surface area contributed by atoms with Crippen molar-refractivity contribution in [2.75, 3.05) is 0 Å². The second-order valence-corrected chi connectivity index (χ2v) is 6.00. The highest BCUT2D eigenvalue weighted by Crippen LogP contribution is 2.36. The van der Waals surface area contributed by atoms with E-state index in [0.29, 0.717) is 18.1 Å². The van der Waals surface area contributed by atoms with Crippen LogP contribution >= 0.6 is 0 Å². The average Bonchev–Trinajstić information content (AvgIpc) is 2.96. The number of hydrogen-bond donors (Lipinski definition) is 1. The van der Waals surface area contributed by atoms with Gasteiger partial charge in [-0.3, -0.25) is 4.79 Å². The van der Waals surface area contributed by atoms with Gasteiger partial charge in [0.2, 0.25) is 5.91 Å². The van der Waals surface area contributed by atoms with E-state index in [1.165, 1.54) is 6.42 Å². The summed E-state index contributed by atoms with van der Waals surface area (Å²) in [4.78, 5) is 16.8. The van der Waals surface area contributed by atoms with Gasteiger partial charge in [-0.05, 0) is 25.3 Å². The molecule has 1 saturated carbocycles. The third kappa shape index (κ3) is 3.18. The highest BCUT2D eigenvalue weighted by Gasteiger charge is 2.40. The van der Waals surface area contributed by atoms with Crippen LogP contribution in [0.1, 0.15) is 49.4 Å². The van der Waals surface area contributed by atoms with Gasteiger partial charge in [0.1, 0.15) is 5.54 Å². The van der Waals surface area contributed by atoms with Crippen LogP contribution in [0.5, 0.6) is 0 Å². The van der Waals surface area contributed by atoms with Crippen LogP contribution < -0.4 is 5.32 Å². The summed E-state index contributed by atoms with van der Waals surface area (Å²) in [6.45, 7) is 1.80. The summed E-state index contributed by atoms with van der Waals surface area (Å²) in [5.74, 6) is 1.16. The van der Waals surface area contributed by atoms with Crippen molar-refractivity contribution in [1.29, 1.82) is 0 Å². The predicted molar refractivity (Wildman–Crippen MR) is 82.1 cm³/mol. The molecule has 0 unspecified atom stereocenters. The van der Waals surface area contributed by atoms with Crippen LogP contribution in [-0.2, 0) is 16.8 Å². The monoisotopic (exact) mass is 299 g/mol. The zero-order chi connectivity index (χ0) is 15.4. The van der Waals surface area contributed by atoms with Gasteiger partial charge < -0.3 is 9.84 Å². The predicted octanol–water partition coefficient (Wildman–Crippen LogP) is 2.90. The Kier molecular flexibility index (Phi) is 4.22. The van der Waals surface area contributed by atoms with E-state index in [1.807, 2.05) is 30.3 Å². The number of amides is 1. The highest BCUT2D eigenvalue weighted by atomic mass is 16.5. The quantitative estimate of drug-likeness (QED) is 0.942. The first kappa shape index (κ1) is 14.8. The molecule has 1 aliphatic rings. The largest absolute Gasteiger partial charge is 0.341 e. The summed E-state index contributed by atoms with van der Waals surface area (Å²) in [5.41, 5.74) is 0.512. The molecule has 5 nitrogen and oxygen atoms in total. The molecule has 116 valence electrons. The molecule has 1 fully saturated rings. The standard InChI is InChI=1S/C17H21N3O2/c1-13-18-16(22-20-13)17(10-6-3-7-11-17)19-15(21)12-14-8-4-2-5-9-14/h2,4-5,8-9H,3,6-7,10-12H2,1H3,(H,19,21). The fourth-order valence-corrected chi connectivity index (χ4v) is 3.13. The van der Waals surface area contributed by atoms with Crippen molar-refractivity contribution >= 4 is 5.91 Å². The molecule has 1 aliphatic carbocycles. The Labute approximate surface area is 130 Å². The van der Waals surface area contributed by atoms with Crippen LogP contribution in [0.3, 0.4) is 0 Å². The van der Waals surface area contributed by atoms with Crippen molar-refractivity contribution in [1.82, 2.24) is 15.5 Å². The molecule has 1 heterocycles. The van der Waals surface area contributed by atoms with Crippen LogP contribution in [-0.4, -0.2) is 16.0 Å². The van der Waals surface area contributed by atoms with Gasteiger partial charge in [0.25, 0.3) is 5.89 Å². The Balaban J connectivity index is 1.77. The SMILES string of the molecule is Cc1noc(C2(NC(=O)Cc3ccccc3)CCCCC2)n1. The van der Waals surface area contributed by atoms with Crippen LogP contribution in [0.25, 0.3) is 0 Å². The molecule has 22 heavy (non-hydrogen) atoms. The van der Waals surface area contributed by atoms with E-state index in [-0.39, 0.29) is 5.91 Å². The second kappa shape index (κ2) is 6.30. The van der Waals surface area contributed by atoms with Gasteiger partial charge in [-0.15, -0.1) is 0 Å². The smallest absolute Gasteiger partial charge is 0.252 e. The number of carbonyl (C=O) groups excluding carboxylic acids is 1. The Hall–Kier alpha value is -2.17. The zero-order valence-corrected chi connectivity index (χ0v) is 12.8. The summed E-state index contributed by atoms with van der Waals surface area (Å²) >= 11 is 0. The molecular formula is C17H21N3O2. The minimum absolute atomic E-state index is 0.00366. The number of hydrogen-bond acceptors (Lipinski definition) is 4. The van der Waals surface area contributed by atoms with E-state index >= 15 is 0 Å². The average molecular weight is 299 g/mol. The van der Waals surface area contributed by atoms with Gasteiger partial charge in [-0.1, -0.05) is 54.8 Å². The van der Waals surface area contributed by atoms with Gasteiger partial charge in [0.15, 0.2) is 5.82 Å². The number of carbonyl (C=O) groups is 1. The van der Waals surface area contributed by atoms with Crippen LogP contribution in [0.15, 0.2) is 34.9 Å². The van der Waals surface area contributed by atoms with Crippen LogP contribution in [0.4, 0.5) is 0 Å². The molecule has 0 aliphatic heterocycles. The fourth-order valence-electron chi connectivity index (χ4n) is 3.13. The van der Waals surface area contributed by atoms with Gasteiger partial charge >= 0.3 is 0 Å². The number of rotatable bonds is 4. The molecule has 0 atom stereocenters. The molecule has 3 rings (SSSR count). The first-order chi connectivity index (χ1) is 10.7. The third-order valence-corrected chi connectivity index (χ3v) is 4.23. The molecule has 0 saturated heterocycles. The van der Waals surface area contributed by atoms with Crippen molar-refractivity contribution in [3.63, 3.8) is 0 Å². The lowest BCUT2D eigenvalue weighted by Crippen LogP contribution is -2.48. The maximum absolute atomic E-state index is 12.5. The lowest BCUT2D eigenvalue weighted by Gasteiger charge is -2.34. The molecule has 1 aromatic carbocycles. The van der Waals surface area contributed by atoms with Crippen molar-refractivity contribution in [2.45, 2.75) is 51.0 Å². The van der Waals surface area contributed by atoms with E-state index in [4.69, 9.17) is 4.52 Å². The summed E-state index contributed by atoms with van der Waals surface area (Å²) in [7, 11) is 0. The number of nitrogens with one attached hydrogen (secondary N) is 1. The van der Waals surface area contributed by atoms with Gasteiger partial charge in [0.05, 0.1) is 6.42 Å². The molecule has 0 spiro atoms. The fraction of sp³-hybridized carbons (Fsp3) is 0.471. The summed E-state index contributed by atoms with van der Waals surface area (Å²) in [6.07, 6.45) is 5.39. The second-order valence-electron chi connectivity index (χ2n) is 6.00. The minimum Gasteiger partial charge on any atom is -0.341 e. The van der Waals surface area contributed by atoms with Crippen molar-refractivity contribution in [3.8, 4) is 0 Å². The van der Waals surface area contributed by atoms with Gasteiger partial charge in [0, 0.05) is 0 Å². The number of aryl methyl sites for hydroxylation is 1. The lowest BCUT2D eigenvalue weighted by atomic mass is 9.81. The Morgan fingerprint density at radius 2 is 1.95 bits per heavy atom. The first-order valence-corrected chi connectivity index (χ1v) is 7.84. The molecule has 2 aromatic rings. The molecule has 1 N–H and O–H groups in total. The molecule has 1 aromatic heterocycles. The number of benzene rings is 1. The first-order valence-electron chi connectivity index (χ1n) is 7.84. The third-order valence-electron chi connectivity index (χ3n) is 4.23. The maximum Gasteiger partial charge on any atom is 0.252 e. The van der Waals surface area contributed by atoms with E-state index in [1.54, 1.807) is 6.92 Å². The molecule has 0 bridgehead atoms. The van der Waals surface area contributed by atoms with Crippen molar-refractivity contribution in [2.24, 2.45) is 0 Å². The van der Waals surface area contributed by atoms with Crippen molar-refractivity contribution in [3.05, 3.63) is 47.6 Å². The molecule has 0 radical (unpaired) electrons. The van der Waals surface area contributed by atoms with Crippen molar-refractivity contribution < 1.29 is 9.32 Å². The zero-order valence-electron chi connectivity index (χ0n) is 12.8. The molecule has 1 amide bonds. The molecule has 5 heteroatoms. The van der Waals surface area contributed by atoms with Gasteiger partial charge in [-0.2, -0.15) is 4.98 Å². The highest BCUT2D eigenvalue weighted by molar-refractivity contribution is 5.79. The van der Waals surface area contributed by atoms with Crippen LogP contribution in [0.2, 0.25) is 0 Å². The van der Waals surface area contributed by atoms with Crippen LogP contribution in [0, 0.1) is 6.92 Å². The summed E-state index contributed by atoms with van der Waals surface area (Å²) in [5, 5.41) is 7.07. The van der Waals surface area contributed by atoms with E-state index < -0.39 is 5.54 Å². The number of nitrogens with zero attached hydrogens (tertiary/aromatic N) is 2. The van der Waals surface area contributed by atoms with E-state index in [0.717, 1.165) is 31.2 Å². The topological polar surface area (TPSA) is 68.0 Å². The summed E-state index contributed by atoms with van der Waals surface area (Å²) in [6, 6.07) is 9.76. The number of aromatic nitrogens is 2. The Bertz CT molecular complexity index is 630. The maximum atomic E-state index is 12.5. The summed E-state index contributed by atoms with van der Waals surface area (Å²) < 4.78 is 5.38. The van der Waals surface area contributed by atoms with E-state index in [2.05, 4.69) is 15.5 Å². The molecular weight excluding hydrogens is 278 g/mol. The normalized spacial score (nSPS) is 17.1. The Morgan fingerprint density at radius 3 is 2.59 bits per heavy atom. The lowest BCUT2D eigenvalue weighted by molar-refractivity contribution is -0.123.